The van der Waals surface area contributed by atoms with Crippen molar-refractivity contribution in [1.29, 1.82) is 0 Å². The van der Waals surface area contributed by atoms with Crippen molar-refractivity contribution < 1.29 is 9.47 Å². The maximum absolute atomic E-state index is 5.26. The normalized spacial score (nSPS) is 12.5. The zero-order valence-corrected chi connectivity index (χ0v) is 12.2. The van der Waals surface area contributed by atoms with Crippen molar-refractivity contribution in [2.45, 2.75) is 18.9 Å². The van der Waals surface area contributed by atoms with Gasteiger partial charge in [-0.25, -0.2) is 0 Å². The van der Waals surface area contributed by atoms with Crippen LogP contribution in [0.15, 0.2) is 22.7 Å². The molecule has 0 saturated heterocycles. The van der Waals surface area contributed by atoms with E-state index in [1.807, 2.05) is 19.2 Å². The fourth-order valence-electron chi connectivity index (χ4n) is 1.80. The highest BCUT2D eigenvalue weighted by molar-refractivity contribution is 9.10. The minimum atomic E-state index is 0.314. The fraction of sp³-hybridized carbons (Fsp3) is 0.538. The summed E-state index contributed by atoms with van der Waals surface area (Å²) in [5.41, 5.74) is 1.22. The van der Waals surface area contributed by atoms with Gasteiger partial charge in [0.25, 0.3) is 0 Å². The van der Waals surface area contributed by atoms with E-state index in [1.165, 1.54) is 5.56 Å². The SMILES string of the molecule is CNC(CCCOC)c1cc(OC)ccc1Br. The van der Waals surface area contributed by atoms with E-state index in [9.17, 15) is 0 Å². The molecular formula is C13H20BrNO2. The molecule has 0 heterocycles. The average Bonchev–Trinajstić information content (AvgIpc) is 2.36. The molecule has 96 valence electrons. The van der Waals surface area contributed by atoms with Crippen LogP contribution >= 0.6 is 15.9 Å². The first-order valence-electron chi connectivity index (χ1n) is 5.72. The third-order valence-electron chi connectivity index (χ3n) is 2.77. The first-order valence-corrected chi connectivity index (χ1v) is 6.51. The van der Waals surface area contributed by atoms with Crippen molar-refractivity contribution in [2.24, 2.45) is 0 Å². The number of methoxy groups -OCH3 is 2. The Labute approximate surface area is 112 Å². The van der Waals surface area contributed by atoms with Crippen LogP contribution in [0.3, 0.4) is 0 Å². The molecule has 0 aromatic heterocycles. The van der Waals surface area contributed by atoms with Gasteiger partial charge in [0.1, 0.15) is 5.75 Å². The molecule has 1 N–H and O–H groups in total. The van der Waals surface area contributed by atoms with E-state index in [0.29, 0.717) is 6.04 Å². The Kier molecular flexibility index (Phi) is 6.55. The summed E-state index contributed by atoms with van der Waals surface area (Å²) in [7, 11) is 5.39. The van der Waals surface area contributed by atoms with Gasteiger partial charge < -0.3 is 14.8 Å². The molecule has 1 rings (SSSR count). The Balaban J connectivity index is 2.78. The van der Waals surface area contributed by atoms with Gasteiger partial charge in [0.2, 0.25) is 0 Å². The minimum absolute atomic E-state index is 0.314. The summed E-state index contributed by atoms with van der Waals surface area (Å²) in [5.74, 6) is 0.884. The predicted molar refractivity (Wildman–Crippen MR) is 73.6 cm³/mol. The van der Waals surface area contributed by atoms with Crippen molar-refractivity contribution in [3.8, 4) is 5.75 Å². The molecule has 1 aromatic carbocycles. The highest BCUT2D eigenvalue weighted by Crippen LogP contribution is 2.29. The standard InChI is InChI=1S/C13H20BrNO2/c1-15-13(5-4-8-16-2)11-9-10(17-3)6-7-12(11)14/h6-7,9,13,15H,4-5,8H2,1-3H3. The van der Waals surface area contributed by atoms with Gasteiger partial charge in [-0.1, -0.05) is 15.9 Å². The lowest BCUT2D eigenvalue weighted by atomic mass is 10.0. The molecule has 1 atom stereocenters. The Morgan fingerprint density at radius 2 is 2.12 bits per heavy atom. The van der Waals surface area contributed by atoms with Crippen LogP contribution in [0.4, 0.5) is 0 Å². The van der Waals surface area contributed by atoms with Crippen molar-refractivity contribution in [3.63, 3.8) is 0 Å². The highest BCUT2D eigenvalue weighted by Gasteiger charge is 2.13. The number of ether oxygens (including phenoxy) is 2. The third kappa shape index (κ3) is 4.30. The van der Waals surface area contributed by atoms with Crippen LogP contribution in [0.25, 0.3) is 0 Å². The maximum Gasteiger partial charge on any atom is 0.119 e. The molecule has 1 unspecified atom stereocenters. The molecule has 0 saturated carbocycles. The molecule has 17 heavy (non-hydrogen) atoms. The van der Waals surface area contributed by atoms with Crippen molar-refractivity contribution >= 4 is 15.9 Å². The summed E-state index contributed by atoms with van der Waals surface area (Å²) in [4.78, 5) is 0. The summed E-state index contributed by atoms with van der Waals surface area (Å²) < 4.78 is 11.4. The molecule has 0 amide bonds. The van der Waals surface area contributed by atoms with Crippen LogP contribution in [0.2, 0.25) is 0 Å². The smallest absolute Gasteiger partial charge is 0.119 e. The fourth-order valence-corrected chi connectivity index (χ4v) is 2.33. The second-order valence-corrected chi connectivity index (χ2v) is 4.72. The molecule has 3 nitrogen and oxygen atoms in total. The van der Waals surface area contributed by atoms with E-state index in [2.05, 4.69) is 27.3 Å². The molecule has 0 bridgehead atoms. The first kappa shape index (κ1) is 14.5. The number of hydrogen-bond donors (Lipinski definition) is 1. The number of benzene rings is 1. The molecule has 0 aliphatic carbocycles. The molecule has 1 aromatic rings. The maximum atomic E-state index is 5.26. The number of nitrogens with one attached hydrogen (secondary N) is 1. The third-order valence-corrected chi connectivity index (χ3v) is 3.49. The van der Waals surface area contributed by atoms with Crippen LogP contribution in [0.5, 0.6) is 5.75 Å². The van der Waals surface area contributed by atoms with Gasteiger partial charge in [0.15, 0.2) is 0 Å². The van der Waals surface area contributed by atoms with E-state index in [1.54, 1.807) is 14.2 Å². The van der Waals surface area contributed by atoms with Gasteiger partial charge in [0, 0.05) is 24.2 Å². The Morgan fingerprint density at radius 3 is 2.71 bits per heavy atom. The van der Waals surface area contributed by atoms with Gasteiger partial charge in [-0.15, -0.1) is 0 Å². The van der Waals surface area contributed by atoms with Gasteiger partial charge in [-0.05, 0) is 43.7 Å². The lowest BCUT2D eigenvalue weighted by Crippen LogP contribution is -2.17. The average molecular weight is 302 g/mol. The van der Waals surface area contributed by atoms with E-state index < -0.39 is 0 Å². The topological polar surface area (TPSA) is 30.5 Å². The molecule has 0 radical (unpaired) electrons. The predicted octanol–water partition coefficient (Wildman–Crippen LogP) is 3.14. The van der Waals surface area contributed by atoms with Crippen molar-refractivity contribution in [2.75, 3.05) is 27.9 Å². The van der Waals surface area contributed by atoms with Gasteiger partial charge in [-0.2, -0.15) is 0 Å². The summed E-state index contributed by atoms with van der Waals surface area (Å²) in [6.45, 7) is 0.791. The molecule has 0 aliphatic rings. The molecular weight excluding hydrogens is 282 g/mol. The summed E-state index contributed by atoms with van der Waals surface area (Å²) in [5, 5.41) is 3.33. The molecule has 0 spiro atoms. The quantitative estimate of drug-likeness (QED) is 0.785. The summed E-state index contributed by atoms with van der Waals surface area (Å²) >= 11 is 3.58. The zero-order chi connectivity index (χ0) is 12.7. The van der Waals surface area contributed by atoms with E-state index in [-0.39, 0.29) is 0 Å². The Morgan fingerprint density at radius 1 is 1.35 bits per heavy atom. The molecule has 0 fully saturated rings. The lowest BCUT2D eigenvalue weighted by Gasteiger charge is -2.18. The van der Waals surface area contributed by atoms with Crippen molar-refractivity contribution in [1.82, 2.24) is 5.32 Å². The molecule has 4 heteroatoms. The van der Waals surface area contributed by atoms with Crippen LogP contribution in [-0.2, 0) is 4.74 Å². The largest absolute Gasteiger partial charge is 0.497 e. The number of halogens is 1. The monoisotopic (exact) mass is 301 g/mol. The van der Waals surface area contributed by atoms with Crippen LogP contribution in [-0.4, -0.2) is 27.9 Å². The van der Waals surface area contributed by atoms with Crippen LogP contribution in [0, 0.1) is 0 Å². The first-order chi connectivity index (χ1) is 8.22. The number of hydrogen-bond acceptors (Lipinski definition) is 3. The van der Waals surface area contributed by atoms with Gasteiger partial charge in [0.05, 0.1) is 7.11 Å². The van der Waals surface area contributed by atoms with Gasteiger partial charge in [-0.3, -0.25) is 0 Å². The van der Waals surface area contributed by atoms with Crippen LogP contribution < -0.4 is 10.1 Å². The van der Waals surface area contributed by atoms with Gasteiger partial charge >= 0.3 is 0 Å². The Hall–Kier alpha value is -0.580. The zero-order valence-electron chi connectivity index (χ0n) is 10.6. The summed E-state index contributed by atoms with van der Waals surface area (Å²) in [6, 6.07) is 6.36. The lowest BCUT2D eigenvalue weighted by molar-refractivity contribution is 0.189. The second-order valence-electron chi connectivity index (χ2n) is 3.86. The minimum Gasteiger partial charge on any atom is -0.497 e. The van der Waals surface area contributed by atoms with E-state index in [4.69, 9.17) is 9.47 Å². The molecule has 0 aliphatic heterocycles. The Bertz CT molecular complexity index is 344. The van der Waals surface area contributed by atoms with Crippen LogP contribution in [0.1, 0.15) is 24.4 Å². The van der Waals surface area contributed by atoms with E-state index >= 15 is 0 Å². The highest BCUT2D eigenvalue weighted by atomic mass is 79.9. The number of rotatable bonds is 7. The van der Waals surface area contributed by atoms with Crippen molar-refractivity contribution in [3.05, 3.63) is 28.2 Å². The van der Waals surface area contributed by atoms with E-state index in [0.717, 1.165) is 29.7 Å². The summed E-state index contributed by atoms with van der Waals surface area (Å²) in [6.07, 6.45) is 2.07. The second kappa shape index (κ2) is 7.69.